The fourth-order valence-corrected chi connectivity index (χ4v) is 2.46. The van der Waals surface area contributed by atoms with Crippen LogP contribution in [0.5, 0.6) is 0 Å². The van der Waals surface area contributed by atoms with E-state index in [1.54, 1.807) is 7.05 Å². The standard InChI is InChI=1S/C17H34N4O3.HI/c1-6-7-11-23-12-9-19-15(18-5)21-10-8-14(13-21)20-16(22)24-17(2,3)4;/h14H,6-13H2,1-5H3,(H,18,19)(H,20,22);1H. The molecule has 0 aromatic rings. The Labute approximate surface area is 169 Å². The molecule has 1 rings (SSSR count). The molecule has 0 aromatic carbocycles. The van der Waals surface area contributed by atoms with E-state index in [-0.39, 0.29) is 36.1 Å². The first-order valence-electron chi connectivity index (χ1n) is 8.88. The van der Waals surface area contributed by atoms with Gasteiger partial charge in [-0.2, -0.15) is 0 Å². The quantitative estimate of drug-likeness (QED) is 0.259. The number of nitrogens with one attached hydrogen (secondary N) is 2. The molecule has 2 N–H and O–H groups in total. The van der Waals surface area contributed by atoms with E-state index in [2.05, 4.69) is 27.4 Å². The molecule has 1 saturated heterocycles. The number of alkyl carbamates (subject to hydrolysis) is 1. The Bertz CT molecular complexity index is 413. The number of likely N-dealkylation sites (tertiary alicyclic amines) is 1. The molecule has 1 fully saturated rings. The van der Waals surface area contributed by atoms with Gasteiger partial charge in [-0.25, -0.2) is 4.79 Å². The maximum Gasteiger partial charge on any atom is 0.407 e. The first-order chi connectivity index (χ1) is 11.4. The number of hydrogen-bond acceptors (Lipinski definition) is 4. The highest BCUT2D eigenvalue weighted by Gasteiger charge is 2.27. The van der Waals surface area contributed by atoms with E-state index in [1.807, 2.05) is 20.8 Å². The van der Waals surface area contributed by atoms with Crippen LogP contribution in [0.25, 0.3) is 0 Å². The van der Waals surface area contributed by atoms with Crippen LogP contribution < -0.4 is 10.6 Å². The highest BCUT2D eigenvalue weighted by molar-refractivity contribution is 14.0. The van der Waals surface area contributed by atoms with Gasteiger partial charge in [-0.15, -0.1) is 24.0 Å². The average Bonchev–Trinajstić information content (AvgIpc) is 2.92. The number of halogens is 1. The molecular formula is C17H35IN4O3. The summed E-state index contributed by atoms with van der Waals surface area (Å²) in [7, 11) is 1.77. The Morgan fingerprint density at radius 2 is 2.04 bits per heavy atom. The van der Waals surface area contributed by atoms with E-state index in [0.29, 0.717) is 6.61 Å². The lowest BCUT2D eigenvalue weighted by Crippen LogP contribution is -2.44. The van der Waals surface area contributed by atoms with E-state index >= 15 is 0 Å². The lowest BCUT2D eigenvalue weighted by Gasteiger charge is -2.23. The molecule has 8 heteroatoms. The first kappa shape index (κ1) is 24.2. The van der Waals surface area contributed by atoms with E-state index < -0.39 is 5.60 Å². The van der Waals surface area contributed by atoms with Gasteiger partial charge in [0.05, 0.1) is 12.6 Å². The summed E-state index contributed by atoms with van der Waals surface area (Å²) in [6, 6.07) is 0.0826. The topological polar surface area (TPSA) is 75.2 Å². The van der Waals surface area contributed by atoms with Crippen molar-refractivity contribution in [2.24, 2.45) is 4.99 Å². The van der Waals surface area contributed by atoms with Crippen LogP contribution in [0, 0.1) is 0 Å². The van der Waals surface area contributed by atoms with Crippen LogP contribution in [0.2, 0.25) is 0 Å². The van der Waals surface area contributed by atoms with Gasteiger partial charge in [-0.3, -0.25) is 4.99 Å². The third-order valence-corrected chi connectivity index (χ3v) is 3.59. The molecule has 1 unspecified atom stereocenters. The lowest BCUT2D eigenvalue weighted by molar-refractivity contribution is 0.0507. The van der Waals surface area contributed by atoms with Crippen LogP contribution in [0.15, 0.2) is 4.99 Å². The summed E-state index contributed by atoms with van der Waals surface area (Å²) in [5, 5.41) is 6.23. The molecule has 0 radical (unpaired) electrons. The van der Waals surface area contributed by atoms with Crippen molar-refractivity contribution in [1.29, 1.82) is 0 Å². The summed E-state index contributed by atoms with van der Waals surface area (Å²) < 4.78 is 10.8. The van der Waals surface area contributed by atoms with Crippen molar-refractivity contribution in [2.75, 3.05) is 39.9 Å². The molecule has 0 aliphatic carbocycles. The highest BCUT2D eigenvalue weighted by atomic mass is 127. The number of carbonyl (C=O) groups is 1. The number of carbonyl (C=O) groups excluding carboxylic acids is 1. The minimum atomic E-state index is -0.474. The largest absolute Gasteiger partial charge is 0.444 e. The predicted octanol–water partition coefficient (Wildman–Crippen LogP) is 2.60. The molecule has 0 spiro atoms. The molecule has 0 bridgehead atoms. The van der Waals surface area contributed by atoms with E-state index in [1.165, 1.54) is 0 Å². The smallest absolute Gasteiger partial charge is 0.407 e. The van der Waals surface area contributed by atoms with E-state index in [4.69, 9.17) is 9.47 Å². The summed E-state index contributed by atoms with van der Waals surface area (Å²) in [4.78, 5) is 18.3. The molecule has 1 aliphatic heterocycles. The Morgan fingerprint density at radius 1 is 1.32 bits per heavy atom. The van der Waals surface area contributed by atoms with Gasteiger partial charge < -0.3 is 25.0 Å². The molecule has 25 heavy (non-hydrogen) atoms. The van der Waals surface area contributed by atoms with Crippen LogP contribution in [-0.4, -0.2) is 68.5 Å². The van der Waals surface area contributed by atoms with Crippen molar-refractivity contribution in [3.05, 3.63) is 0 Å². The zero-order chi connectivity index (χ0) is 18.0. The SMILES string of the molecule is CCCCOCCNC(=NC)N1CCC(NC(=O)OC(C)(C)C)C1.I. The Kier molecular flexibility index (Phi) is 12.2. The summed E-state index contributed by atoms with van der Waals surface area (Å²) in [6.45, 7) is 11.5. The minimum Gasteiger partial charge on any atom is -0.444 e. The molecule has 7 nitrogen and oxygen atoms in total. The molecule has 0 saturated carbocycles. The lowest BCUT2D eigenvalue weighted by atomic mass is 10.2. The van der Waals surface area contributed by atoms with E-state index in [9.17, 15) is 4.79 Å². The average molecular weight is 470 g/mol. The van der Waals surface area contributed by atoms with Crippen molar-refractivity contribution in [1.82, 2.24) is 15.5 Å². The minimum absolute atomic E-state index is 0. The molecule has 1 aliphatic rings. The Morgan fingerprint density at radius 3 is 2.64 bits per heavy atom. The predicted molar refractivity (Wildman–Crippen MR) is 112 cm³/mol. The second-order valence-corrected chi connectivity index (χ2v) is 7.02. The first-order valence-corrected chi connectivity index (χ1v) is 8.88. The third kappa shape index (κ3) is 10.7. The number of amides is 1. The third-order valence-electron chi connectivity index (χ3n) is 3.59. The molecule has 148 valence electrons. The summed E-state index contributed by atoms with van der Waals surface area (Å²) in [5.41, 5.74) is -0.474. The fourth-order valence-electron chi connectivity index (χ4n) is 2.46. The summed E-state index contributed by atoms with van der Waals surface area (Å²) in [5.74, 6) is 0.850. The number of rotatable bonds is 7. The van der Waals surface area contributed by atoms with Gasteiger partial charge in [0, 0.05) is 33.3 Å². The molecule has 1 heterocycles. The monoisotopic (exact) mass is 470 g/mol. The van der Waals surface area contributed by atoms with Gasteiger partial charge in [0.1, 0.15) is 5.60 Å². The van der Waals surface area contributed by atoms with E-state index in [0.717, 1.165) is 51.5 Å². The van der Waals surface area contributed by atoms with Gasteiger partial charge in [-0.1, -0.05) is 13.3 Å². The number of nitrogens with zero attached hydrogens (tertiary/aromatic N) is 2. The van der Waals surface area contributed by atoms with Crippen molar-refractivity contribution in [3.63, 3.8) is 0 Å². The zero-order valence-corrected chi connectivity index (χ0v) is 18.6. The molecular weight excluding hydrogens is 435 g/mol. The summed E-state index contributed by atoms with van der Waals surface area (Å²) >= 11 is 0. The van der Waals surface area contributed by atoms with Crippen LogP contribution in [0.3, 0.4) is 0 Å². The number of aliphatic imine (C=N–C) groups is 1. The number of ether oxygens (including phenoxy) is 2. The Balaban J connectivity index is 0.00000576. The van der Waals surface area contributed by atoms with Crippen LogP contribution >= 0.6 is 24.0 Å². The second-order valence-electron chi connectivity index (χ2n) is 7.02. The highest BCUT2D eigenvalue weighted by Crippen LogP contribution is 2.11. The Hall–Kier alpha value is -0.770. The van der Waals surface area contributed by atoms with Crippen LogP contribution in [0.1, 0.15) is 47.0 Å². The molecule has 0 aromatic heterocycles. The van der Waals surface area contributed by atoms with Crippen molar-refractivity contribution in [3.8, 4) is 0 Å². The van der Waals surface area contributed by atoms with Crippen molar-refractivity contribution < 1.29 is 14.3 Å². The zero-order valence-electron chi connectivity index (χ0n) is 16.3. The molecule has 1 amide bonds. The second kappa shape index (κ2) is 12.6. The van der Waals surface area contributed by atoms with Gasteiger partial charge >= 0.3 is 6.09 Å². The van der Waals surface area contributed by atoms with Crippen molar-refractivity contribution >= 4 is 36.0 Å². The van der Waals surface area contributed by atoms with Crippen LogP contribution in [0.4, 0.5) is 4.79 Å². The van der Waals surface area contributed by atoms with Gasteiger partial charge in [0.25, 0.3) is 0 Å². The van der Waals surface area contributed by atoms with Gasteiger partial charge in [-0.05, 0) is 33.6 Å². The van der Waals surface area contributed by atoms with Crippen molar-refractivity contribution in [2.45, 2.75) is 58.6 Å². The summed E-state index contributed by atoms with van der Waals surface area (Å²) in [6.07, 6.45) is 2.77. The van der Waals surface area contributed by atoms with Gasteiger partial charge in [0.15, 0.2) is 5.96 Å². The van der Waals surface area contributed by atoms with Gasteiger partial charge in [0.2, 0.25) is 0 Å². The number of unbranched alkanes of at least 4 members (excludes halogenated alkanes) is 1. The molecule has 1 atom stereocenters. The normalized spacial score (nSPS) is 17.9. The number of hydrogen-bond donors (Lipinski definition) is 2. The van der Waals surface area contributed by atoms with Crippen LogP contribution in [-0.2, 0) is 9.47 Å². The fraction of sp³-hybridized carbons (Fsp3) is 0.882. The maximum absolute atomic E-state index is 11.8. The maximum atomic E-state index is 11.8. The number of guanidine groups is 1.